The molecule has 1 unspecified atom stereocenters. The highest BCUT2D eigenvalue weighted by atomic mass is 16.5. The third-order valence-electron chi connectivity index (χ3n) is 4.09. The Morgan fingerprint density at radius 1 is 1.18 bits per heavy atom. The van der Waals surface area contributed by atoms with Crippen molar-refractivity contribution < 1.29 is 14.6 Å². The van der Waals surface area contributed by atoms with E-state index in [1.54, 1.807) is 6.07 Å². The number of aryl methyl sites for hydroxylation is 1. The highest BCUT2D eigenvalue weighted by Gasteiger charge is 2.30. The van der Waals surface area contributed by atoms with E-state index in [1.165, 1.54) is 6.07 Å². The minimum absolute atomic E-state index is 0.0342. The quantitative estimate of drug-likeness (QED) is 0.683. The fourth-order valence-corrected chi connectivity index (χ4v) is 3.00. The number of hydrogen-bond acceptors (Lipinski definition) is 4. The number of anilines is 1. The Balaban J connectivity index is 2.07. The van der Waals surface area contributed by atoms with Crippen molar-refractivity contribution in [2.75, 3.05) is 19.0 Å². The molecule has 0 aromatic heterocycles. The minimum atomic E-state index is -0.265. The molecule has 0 spiro atoms. The number of aromatic hydroxyl groups is 1. The van der Waals surface area contributed by atoms with E-state index >= 15 is 0 Å². The average molecular weight is 297 g/mol. The van der Waals surface area contributed by atoms with Crippen LogP contribution in [0.25, 0.3) is 0 Å². The summed E-state index contributed by atoms with van der Waals surface area (Å²) in [5.41, 5.74) is 4.11. The lowest BCUT2D eigenvalue weighted by Gasteiger charge is -2.27. The predicted molar refractivity (Wildman–Crippen MR) is 85.7 cm³/mol. The van der Waals surface area contributed by atoms with Crippen molar-refractivity contribution >= 4 is 11.7 Å². The van der Waals surface area contributed by atoms with Gasteiger partial charge in [0.2, 0.25) is 0 Å². The van der Waals surface area contributed by atoms with E-state index in [9.17, 15) is 9.90 Å². The van der Waals surface area contributed by atoms with Gasteiger partial charge in [0.05, 0.1) is 6.42 Å². The summed E-state index contributed by atoms with van der Waals surface area (Å²) in [6.45, 7) is 1.93. The number of fused-ring (bicyclic) bond motifs is 1. The maximum absolute atomic E-state index is 11.9. The summed E-state index contributed by atoms with van der Waals surface area (Å²) < 4.78 is 5.30. The van der Waals surface area contributed by atoms with Gasteiger partial charge in [-0.05, 0) is 36.2 Å². The van der Waals surface area contributed by atoms with Gasteiger partial charge in [-0.25, -0.2) is 0 Å². The zero-order valence-electron chi connectivity index (χ0n) is 13.0. The number of esters is 1. The number of benzene rings is 2. The van der Waals surface area contributed by atoms with Gasteiger partial charge in [0.15, 0.2) is 0 Å². The molecule has 22 heavy (non-hydrogen) atoms. The topological polar surface area (TPSA) is 49.8 Å². The van der Waals surface area contributed by atoms with Crippen molar-refractivity contribution in [3.63, 3.8) is 0 Å². The van der Waals surface area contributed by atoms with Crippen LogP contribution < -0.4 is 9.64 Å². The van der Waals surface area contributed by atoms with Crippen molar-refractivity contribution in [3.05, 3.63) is 53.1 Å². The average Bonchev–Trinajstić information content (AvgIpc) is 2.45. The first-order valence-electron chi connectivity index (χ1n) is 7.27. The Labute approximate surface area is 130 Å². The molecule has 1 heterocycles. The van der Waals surface area contributed by atoms with E-state index in [4.69, 9.17) is 4.74 Å². The first kappa shape index (κ1) is 14.4. The second-order valence-electron chi connectivity index (χ2n) is 5.89. The summed E-state index contributed by atoms with van der Waals surface area (Å²) >= 11 is 0. The maximum atomic E-state index is 11.9. The van der Waals surface area contributed by atoms with E-state index in [-0.39, 0.29) is 17.6 Å². The highest BCUT2D eigenvalue weighted by Crippen LogP contribution is 2.42. The Morgan fingerprint density at radius 2 is 1.86 bits per heavy atom. The largest absolute Gasteiger partial charge is 0.508 e. The number of phenols is 1. The zero-order chi connectivity index (χ0) is 15.9. The number of ether oxygens (including phenoxy) is 1. The lowest BCUT2D eigenvalue weighted by atomic mass is 9.84. The molecule has 0 saturated carbocycles. The predicted octanol–water partition coefficient (Wildman–Crippen LogP) is 3.21. The van der Waals surface area contributed by atoms with Gasteiger partial charge in [-0.2, -0.15) is 0 Å². The molecule has 1 N–H and O–H groups in total. The summed E-state index contributed by atoms with van der Waals surface area (Å²) in [6.07, 6.45) is 0.319. The van der Waals surface area contributed by atoms with E-state index < -0.39 is 0 Å². The number of carbonyl (C=O) groups excluding carboxylic acids is 1. The molecule has 1 aliphatic rings. The SMILES string of the molecule is Cc1cc(O)cc2c1C(c1ccc(N(C)C)cc1)CC(=O)O2. The first-order valence-corrected chi connectivity index (χ1v) is 7.27. The third-order valence-corrected chi connectivity index (χ3v) is 4.09. The molecule has 0 aliphatic carbocycles. The Hall–Kier alpha value is -2.49. The molecule has 4 heteroatoms. The van der Waals surface area contributed by atoms with Crippen molar-refractivity contribution in [1.29, 1.82) is 0 Å². The molecule has 0 saturated heterocycles. The smallest absolute Gasteiger partial charge is 0.312 e. The highest BCUT2D eigenvalue weighted by molar-refractivity contribution is 5.78. The number of hydrogen-bond donors (Lipinski definition) is 1. The molecule has 2 aromatic rings. The summed E-state index contributed by atoms with van der Waals surface area (Å²) in [6, 6.07) is 11.4. The Kier molecular flexibility index (Phi) is 3.53. The molecular weight excluding hydrogens is 278 g/mol. The van der Waals surface area contributed by atoms with E-state index in [0.29, 0.717) is 12.2 Å². The molecule has 114 valence electrons. The normalized spacial score (nSPS) is 16.9. The zero-order valence-corrected chi connectivity index (χ0v) is 13.0. The van der Waals surface area contributed by atoms with Crippen LogP contribution in [0.5, 0.6) is 11.5 Å². The number of nitrogens with zero attached hydrogens (tertiary/aromatic N) is 1. The van der Waals surface area contributed by atoms with Gasteiger partial charge in [0.25, 0.3) is 0 Å². The maximum Gasteiger partial charge on any atom is 0.312 e. The first-order chi connectivity index (χ1) is 10.5. The van der Waals surface area contributed by atoms with Crippen molar-refractivity contribution in [2.45, 2.75) is 19.3 Å². The van der Waals surface area contributed by atoms with Gasteiger partial charge in [0, 0.05) is 37.3 Å². The minimum Gasteiger partial charge on any atom is -0.508 e. The Bertz CT molecular complexity index is 720. The number of carbonyl (C=O) groups is 1. The fraction of sp³-hybridized carbons (Fsp3) is 0.278. The molecule has 1 atom stereocenters. The third kappa shape index (κ3) is 2.52. The molecule has 3 rings (SSSR count). The van der Waals surface area contributed by atoms with Crippen LogP contribution in [0, 0.1) is 6.92 Å². The summed E-state index contributed by atoms with van der Waals surface area (Å²) in [7, 11) is 3.99. The second-order valence-corrected chi connectivity index (χ2v) is 5.89. The van der Waals surface area contributed by atoms with Gasteiger partial charge in [-0.3, -0.25) is 4.79 Å². The summed E-state index contributed by atoms with van der Waals surface area (Å²) in [4.78, 5) is 13.9. The molecule has 0 amide bonds. The number of rotatable bonds is 2. The van der Waals surface area contributed by atoms with Crippen LogP contribution in [0.1, 0.15) is 29.0 Å². The summed E-state index contributed by atoms with van der Waals surface area (Å²) in [5, 5.41) is 9.71. The molecule has 0 fully saturated rings. The van der Waals surface area contributed by atoms with E-state index in [1.807, 2.05) is 38.1 Å². The van der Waals surface area contributed by atoms with Gasteiger partial charge in [-0.15, -0.1) is 0 Å². The lowest BCUT2D eigenvalue weighted by Crippen LogP contribution is -2.22. The van der Waals surface area contributed by atoms with Crippen LogP contribution in [0.15, 0.2) is 36.4 Å². The summed E-state index contributed by atoms with van der Waals surface area (Å²) in [5.74, 6) is 0.287. The lowest BCUT2D eigenvalue weighted by molar-refractivity contribution is -0.135. The van der Waals surface area contributed by atoms with Crippen LogP contribution in [-0.2, 0) is 4.79 Å². The van der Waals surface area contributed by atoms with Crippen molar-refractivity contribution in [2.24, 2.45) is 0 Å². The van der Waals surface area contributed by atoms with Crippen LogP contribution >= 0.6 is 0 Å². The standard InChI is InChI=1S/C18H19NO3/c1-11-8-14(20)9-16-18(11)15(10-17(21)22-16)12-4-6-13(7-5-12)19(2)3/h4-9,15,20H,10H2,1-3H3. The molecule has 0 bridgehead atoms. The molecule has 4 nitrogen and oxygen atoms in total. The van der Waals surface area contributed by atoms with Gasteiger partial charge >= 0.3 is 5.97 Å². The van der Waals surface area contributed by atoms with Gasteiger partial charge in [0.1, 0.15) is 11.5 Å². The number of phenolic OH excluding ortho intramolecular Hbond substituents is 1. The Morgan fingerprint density at radius 3 is 2.50 bits per heavy atom. The van der Waals surface area contributed by atoms with E-state index in [2.05, 4.69) is 12.1 Å². The monoisotopic (exact) mass is 297 g/mol. The molecular formula is C18H19NO3. The van der Waals surface area contributed by atoms with Crippen LogP contribution in [0.3, 0.4) is 0 Å². The molecule has 2 aromatic carbocycles. The van der Waals surface area contributed by atoms with E-state index in [0.717, 1.165) is 22.4 Å². The van der Waals surface area contributed by atoms with Crippen molar-refractivity contribution in [1.82, 2.24) is 0 Å². The van der Waals surface area contributed by atoms with Crippen molar-refractivity contribution in [3.8, 4) is 11.5 Å². The van der Waals surface area contributed by atoms with Crippen LogP contribution in [0.2, 0.25) is 0 Å². The second kappa shape index (κ2) is 5.37. The van der Waals surface area contributed by atoms with Gasteiger partial charge in [-0.1, -0.05) is 12.1 Å². The van der Waals surface area contributed by atoms with Gasteiger partial charge < -0.3 is 14.7 Å². The van der Waals surface area contributed by atoms with Crippen LogP contribution in [-0.4, -0.2) is 25.2 Å². The molecule has 1 aliphatic heterocycles. The fourth-order valence-electron chi connectivity index (χ4n) is 3.00. The molecule has 0 radical (unpaired) electrons. The van der Waals surface area contributed by atoms with Crippen LogP contribution in [0.4, 0.5) is 5.69 Å².